The van der Waals surface area contributed by atoms with E-state index < -0.39 is 6.10 Å². The number of aliphatic hydroxyl groups is 1. The third-order valence-electron chi connectivity index (χ3n) is 3.67. The normalized spacial score (nSPS) is 20.2. The molecule has 2 atom stereocenters. The van der Waals surface area contributed by atoms with E-state index in [0.717, 1.165) is 18.8 Å². The van der Waals surface area contributed by atoms with Gasteiger partial charge in [0.1, 0.15) is 5.82 Å². The third-order valence-corrected chi connectivity index (χ3v) is 3.67. The van der Waals surface area contributed by atoms with Crippen LogP contribution in [0.1, 0.15) is 33.0 Å². The Kier molecular flexibility index (Phi) is 4.24. The Morgan fingerprint density at radius 1 is 1.58 bits per heavy atom. The van der Waals surface area contributed by atoms with Crippen LogP contribution in [0.2, 0.25) is 0 Å². The summed E-state index contributed by atoms with van der Waals surface area (Å²) in [6.07, 6.45) is 4.82. The molecule has 0 spiro atoms. The van der Waals surface area contributed by atoms with Crippen LogP contribution in [0, 0.1) is 5.92 Å². The second-order valence-corrected chi connectivity index (χ2v) is 5.66. The topological polar surface area (TPSA) is 58.4 Å². The highest BCUT2D eigenvalue weighted by Crippen LogP contribution is 2.22. The highest BCUT2D eigenvalue weighted by Gasteiger charge is 2.30. The van der Waals surface area contributed by atoms with Crippen molar-refractivity contribution in [3.63, 3.8) is 0 Å². The van der Waals surface area contributed by atoms with E-state index in [1.807, 2.05) is 20.0 Å². The molecule has 1 aromatic rings. The van der Waals surface area contributed by atoms with Crippen molar-refractivity contribution in [1.82, 2.24) is 14.5 Å². The molecule has 5 nitrogen and oxygen atoms in total. The molecule has 2 unspecified atom stereocenters. The average molecular weight is 265 g/mol. The molecule has 1 aromatic heterocycles. The first-order chi connectivity index (χ1) is 8.99. The smallest absolute Gasteiger partial charge is 0.226 e. The molecule has 0 saturated carbocycles. The molecule has 1 N–H and O–H groups in total. The maximum absolute atomic E-state index is 12.6. The van der Waals surface area contributed by atoms with Gasteiger partial charge in [0.05, 0.1) is 6.10 Å². The van der Waals surface area contributed by atoms with Crippen LogP contribution in [0.4, 0.5) is 0 Å². The fourth-order valence-electron chi connectivity index (χ4n) is 2.64. The van der Waals surface area contributed by atoms with Crippen LogP contribution >= 0.6 is 0 Å². The van der Waals surface area contributed by atoms with Gasteiger partial charge in [-0.25, -0.2) is 4.98 Å². The summed E-state index contributed by atoms with van der Waals surface area (Å²) in [6, 6.07) is 0.115. The molecular weight excluding hydrogens is 242 g/mol. The van der Waals surface area contributed by atoms with E-state index in [2.05, 4.69) is 9.55 Å². The molecule has 0 aromatic carbocycles. The number of hydrogen-bond donors (Lipinski definition) is 1. The summed E-state index contributed by atoms with van der Waals surface area (Å²) in [4.78, 5) is 18.7. The summed E-state index contributed by atoms with van der Waals surface area (Å²) in [5, 5.41) is 9.53. The van der Waals surface area contributed by atoms with Gasteiger partial charge >= 0.3 is 0 Å². The van der Waals surface area contributed by atoms with Gasteiger partial charge in [0, 0.05) is 43.9 Å². The number of amides is 1. The maximum atomic E-state index is 12.6. The van der Waals surface area contributed by atoms with Gasteiger partial charge in [-0.15, -0.1) is 0 Å². The first-order valence-electron chi connectivity index (χ1n) is 6.97. The average Bonchev–Trinajstić information content (AvgIpc) is 2.81. The summed E-state index contributed by atoms with van der Waals surface area (Å²) in [7, 11) is 0. The van der Waals surface area contributed by atoms with Gasteiger partial charge in [-0.05, 0) is 27.2 Å². The van der Waals surface area contributed by atoms with Crippen LogP contribution in [0.5, 0.6) is 0 Å². The number of aliphatic hydroxyl groups excluding tert-OH is 1. The van der Waals surface area contributed by atoms with Crippen molar-refractivity contribution in [3.05, 3.63) is 18.2 Å². The van der Waals surface area contributed by atoms with E-state index in [-0.39, 0.29) is 17.9 Å². The molecule has 5 heteroatoms. The summed E-state index contributed by atoms with van der Waals surface area (Å²) < 4.78 is 2.11. The minimum Gasteiger partial charge on any atom is -0.392 e. The minimum atomic E-state index is -0.489. The fraction of sp³-hybridized carbons (Fsp3) is 0.714. The lowest BCUT2D eigenvalue weighted by Crippen LogP contribution is -2.46. The fourth-order valence-corrected chi connectivity index (χ4v) is 2.64. The first kappa shape index (κ1) is 14.1. The number of nitrogens with zero attached hydrogens (tertiary/aromatic N) is 3. The number of imidazole rings is 1. The maximum Gasteiger partial charge on any atom is 0.226 e. The lowest BCUT2D eigenvalue weighted by molar-refractivity contribution is -0.139. The number of aromatic nitrogens is 2. The zero-order chi connectivity index (χ0) is 14.0. The SMILES string of the molecule is CC(O)CN(C(=O)C1CCn2ccnc2C1)C(C)C. The molecule has 1 amide bonds. The number of hydrogen-bond acceptors (Lipinski definition) is 3. The van der Waals surface area contributed by atoms with Crippen LogP contribution in [0.15, 0.2) is 12.4 Å². The van der Waals surface area contributed by atoms with E-state index in [4.69, 9.17) is 0 Å². The lowest BCUT2D eigenvalue weighted by atomic mass is 9.95. The number of aryl methyl sites for hydroxylation is 1. The molecule has 2 rings (SSSR count). The van der Waals surface area contributed by atoms with Crippen molar-refractivity contribution < 1.29 is 9.90 Å². The number of rotatable bonds is 4. The first-order valence-corrected chi connectivity index (χ1v) is 6.97. The van der Waals surface area contributed by atoms with Gasteiger partial charge in [0.2, 0.25) is 5.91 Å². The molecule has 2 heterocycles. The highest BCUT2D eigenvalue weighted by atomic mass is 16.3. The molecule has 1 aliphatic heterocycles. The molecule has 0 radical (unpaired) electrons. The zero-order valence-corrected chi connectivity index (χ0v) is 11.9. The summed E-state index contributed by atoms with van der Waals surface area (Å²) in [5.74, 6) is 1.13. The van der Waals surface area contributed by atoms with Gasteiger partial charge in [-0.2, -0.15) is 0 Å². The van der Waals surface area contributed by atoms with Crippen LogP contribution in [0.3, 0.4) is 0 Å². The van der Waals surface area contributed by atoms with Crippen LogP contribution in [0.25, 0.3) is 0 Å². The molecule has 0 bridgehead atoms. The number of fused-ring (bicyclic) bond motifs is 1. The molecule has 1 aliphatic rings. The van der Waals surface area contributed by atoms with E-state index in [1.54, 1.807) is 18.0 Å². The monoisotopic (exact) mass is 265 g/mol. The molecule has 0 fully saturated rings. The van der Waals surface area contributed by atoms with Crippen LogP contribution in [-0.2, 0) is 17.8 Å². The molecule has 106 valence electrons. The number of carbonyl (C=O) groups excluding carboxylic acids is 1. The Balaban J connectivity index is 2.06. The van der Waals surface area contributed by atoms with E-state index in [9.17, 15) is 9.90 Å². The second kappa shape index (κ2) is 5.74. The third kappa shape index (κ3) is 3.15. The minimum absolute atomic E-state index is 0.00366. The van der Waals surface area contributed by atoms with Crippen molar-refractivity contribution in [3.8, 4) is 0 Å². The van der Waals surface area contributed by atoms with Crippen molar-refractivity contribution in [1.29, 1.82) is 0 Å². The van der Waals surface area contributed by atoms with Crippen molar-refractivity contribution in [2.45, 2.75) is 52.3 Å². The van der Waals surface area contributed by atoms with Gasteiger partial charge in [-0.3, -0.25) is 4.79 Å². The Labute approximate surface area is 114 Å². The Bertz CT molecular complexity index is 440. The Morgan fingerprint density at radius 2 is 2.32 bits per heavy atom. The van der Waals surface area contributed by atoms with E-state index in [0.29, 0.717) is 13.0 Å². The molecule has 19 heavy (non-hydrogen) atoms. The largest absolute Gasteiger partial charge is 0.392 e. The summed E-state index contributed by atoms with van der Waals surface area (Å²) >= 11 is 0. The highest BCUT2D eigenvalue weighted by molar-refractivity contribution is 5.79. The number of carbonyl (C=O) groups is 1. The molecular formula is C14H23N3O2. The van der Waals surface area contributed by atoms with Crippen molar-refractivity contribution >= 4 is 5.91 Å². The van der Waals surface area contributed by atoms with E-state index in [1.165, 1.54) is 0 Å². The van der Waals surface area contributed by atoms with Gasteiger partial charge in [0.15, 0.2) is 0 Å². The summed E-state index contributed by atoms with van der Waals surface area (Å²) in [6.45, 7) is 6.96. The predicted molar refractivity (Wildman–Crippen MR) is 72.6 cm³/mol. The zero-order valence-electron chi connectivity index (χ0n) is 11.9. The van der Waals surface area contributed by atoms with Crippen LogP contribution < -0.4 is 0 Å². The standard InChI is InChI=1S/C14H23N3O2/c1-10(2)17(9-11(3)18)14(19)12-4-6-16-7-5-15-13(16)8-12/h5,7,10-12,18H,4,6,8-9H2,1-3H3. The van der Waals surface area contributed by atoms with E-state index >= 15 is 0 Å². The second-order valence-electron chi connectivity index (χ2n) is 5.66. The van der Waals surface area contributed by atoms with Gasteiger partial charge in [-0.1, -0.05) is 0 Å². The lowest BCUT2D eigenvalue weighted by Gasteiger charge is -2.33. The van der Waals surface area contributed by atoms with Crippen LogP contribution in [-0.4, -0.2) is 44.2 Å². The van der Waals surface area contributed by atoms with Crippen molar-refractivity contribution in [2.24, 2.45) is 5.92 Å². The van der Waals surface area contributed by atoms with Crippen molar-refractivity contribution in [2.75, 3.05) is 6.54 Å². The quantitative estimate of drug-likeness (QED) is 0.885. The predicted octanol–water partition coefficient (Wildman–Crippen LogP) is 1.06. The molecule has 0 aliphatic carbocycles. The molecule has 0 saturated heterocycles. The summed E-state index contributed by atoms with van der Waals surface area (Å²) in [5.41, 5.74) is 0. The van der Waals surface area contributed by atoms with Gasteiger partial charge < -0.3 is 14.6 Å². The Morgan fingerprint density at radius 3 is 2.95 bits per heavy atom. The Hall–Kier alpha value is -1.36. The van der Waals surface area contributed by atoms with Gasteiger partial charge in [0.25, 0.3) is 0 Å².